The minimum Gasteiger partial charge on any atom is -0.341 e. The molecular formula is C14H15Cl2N3. The quantitative estimate of drug-likeness (QED) is 0.760. The highest BCUT2D eigenvalue weighted by Crippen LogP contribution is 2.26. The van der Waals surface area contributed by atoms with Gasteiger partial charge in [0.2, 0.25) is 0 Å². The lowest BCUT2D eigenvalue weighted by atomic mass is 10.0. The van der Waals surface area contributed by atoms with Crippen LogP contribution in [0.4, 0.5) is 0 Å². The number of benzene rings is 2. The summed E-state index contributed by atoms with van der Waals surface area (Å²) in [6.07, 6.45) is 0. The lowest BCUT2D eigenvalue weighted by Gasteiger charge is -2.01. The Kier molecular flexibility index (Phi) is 5.36. The molecule has 0 amide bonds. The van der Waals surface area contributed by atoms with Gasteiger partial charge in [0.15, 0.2) is 0 Å². The van der Waals surface area contributed by atoms with Crippen LogP contribution in [0.2, 0.25) is 0 Å². The van der Waals surface area contributed by atoms with Crippen LogP contribution in [0.15, 0.2) is 48.5 Å². The molecular weight excluding hydrogens is 281 g/mol. The molecule has 3 rings (SSSR count). The van der Waals surface area contributed by atoms with Gasteiger partial charge in [0.05, 0.1) is 17.6 Å². The van der Waals surface area contributed by atoms with E-state index in [1.807, 2.05) is 30.3 Å². The Morgan fingerprint density at radius 1 is 0.947 bits per heavy atom. The monoisotopic (exact) mass is 295 g/mol. The highest BCUT2D eigenvalue weighted by Gasteiger charge is 2.07. The van der Waals surface area contributed by atoms with E-state index in [0.29, 0.717) is 6.54 Å². The zero-order chi connectivity index (χ0) is 11.7. The van der Waals surface area contributed by atoms with Gasteiger partial charge >= 0.3 is 0 Å². The van der Waals surface area contributed by atoms with Crippen LogP contribution in [-0.4, -0.2) is 9.97 Å². The van der Waals surface area contributed by atoms with Crippen molar-refractivity contribution in [2.45, 2.75) is 6.54 Å². The first-order valence-corrected chi connectivity index (χ1v) is 5.61. The SMILES string of the molecule is Cl.Cl.NCc1nc2c(-c3ccccc3)cccc2[nH]1. The van der Waals surface area contributed by atoms with Gasteiger partial charge in [0, 0.05) is 5.56 Å². The predicted molar refractivity (Wildman–Crippen MR) is 83.9 cm³/mol. The normalized spacial score (nSPS) is 9.74. The number of fused-ring (bicyclic) bond motifs is 1. The second-order valence-corrected chi connectivity index (χ2v) is 3.96. The molecule has 0 radical (unpaired) electrons. The number of nitrogens with zero attached hydrogens (tertiary/aromatic N) is 1. The molecule has 3 N–H and O–H groups in total. The summed E-state index contributed by atoms with van der Waals surface area (Å²) in [5, 5.41) is 0. The molecule has 0 spiro atoms. The minimum atomic E-state index is 0. The van der Waals surface area contributed by atoms with Gasteiger partial charge in [-0.05, 0) is 11.6 Å². The summed E-state index contributed by atoms with van der Waals surface area (Å²) in [6, 6.07) is 16.4. The second-order valence-electron chi connectivity index (χ2n) is 3.96. The third-order valence-electron chi connectivity index (χ3n) is 2.84. The van der Waals surface area contributed by atoms with Crippen LogP contribution in [0, 0.1) is 0 Å². The van der Waals surface area contributed by atoms with Gasteiger partial charge in [-0.25, -0.2) is 4.98 Å². The molecule has 3 aromatic rings. The number of nitrogens with one attached hydrogen (secondary N) is 1. The second kappa shape index (κ2) is 6.57. The Hall–Kier alpha value is -1.55. The van der Waals surface area contributed by atoms with Crippen molar-refractivity contribution in [2.75, 3.05) is 0 Å². The summed E-state index contributed by atoms with van der Waals surface area (Å²) in [5.74, 6) is 0.823. The van der Waals surface area contributed by atoms with E-state index in [0.717, 1.165) is 22.4 Å². The molecule has 100 valence electrons. The Morgan fingerprint density at radius 2 is 1.68 bits per heavy atom. The smallest absolute Gasteiger partial charge is 0.121 e. The molecule has 0 saturated heterocycles. The number of halogens is 2. The number of hydrogen-bond acceptors (Lipinski definition) is 2. The van der Waals surface area contributed by atoms with Crippen molar-refractivity contribution in [3.63, 3.8) is 0 Å². The highest BCUT2D eigenvalue weighted by molar-refractivity contribution is 5.91. The van der Waals surface area contributed by atoms with E-state index in [9.17, 15) is 0 Å². The maximum absolute atomic E-state index is 5.61. The van der Waals surface area contributed by atoms with E-state index < -0.39 is 0 Å². The van der Waals surface area contributed by atoms with Gasteiger partial charge in [0.1, 0.15) is 5.82 Å². The first kappa shape index (κ1) is 15.5. The van der Waals surface area contributed by atoms with Crippen molar-refractivity contribution >= 4 is 35.8 Å². The van der Waals surface area contributed by atoms with Gasteiger partial charge in [0.25, 0.3) is 0 Å². The molecule has 0 atom stereocenters. The van der Waals surface area contributed by atoms with Gasteiger partial charge in [-0.3, -0.25) is 0 Å². The fraction of sp³-hybridized carbons (Fsp3) is 0.0714. The molecule has 5 heteroatoms. The first-order valence-electron chi connectivity index (χ1n) is 5.61. The third kappa shape index (κ3) is 2.89. The van der Waals surface area contributed by atoms with Crippen LogP contribution in [-0.2, 0) is 6.54 Å². The Morgan fingerprint density at radius 3 is 2.37 bits per heavy atom. The predicted octanol–water partition coefficient (Wildman–Crippen LogP) is 3.53. The summed E-state index contributed by atoms with van der Waals surface area (Å²) in [4.78, 5) is 7.75. The molecule has 3 nitrogen and oxygen atoms in total. The maximum Gasteiger partial charge on any atom is 0.121 e. The molecule has 1 heterocycles. The average molecular weight is 296 g/mol. The zero-order valence-electron chi connectivity index (χ0n) is 10.2. The number of para-hydroxylation sites is 1. The summed E-state index contributed by atoms with van der Waals surface area (Å²) in [7, 11) is 0. The standard InChI is InChI=1S/C14H13N3.2ClH/c15-9-13-16-12-8-4-7-11(14(12)17-13)10-5-2-1-3-6-10;;/h1-8H,9,15H2,(H,16,17);2*1H. The van der Waals surface area contributed by atoms with Gasteiger partial charge in [-0.15, -0.1) is 24.8 Å². The van der Waals surface area contributed by atoms with Crippen molar-refractivity contribution in [2.24, 2.45) is 5.73 Å². The summed E-state index contributed by atoms with van der Waals surface area (Å²) < 4.78 is 0. The van der Waals surface area contributed by atoms with E-state index in [1.54, 1.807) is 0 Å². The number of aromatic nitrogens is 2. The molecule has 0 saturated carbocycles. The van der Waals surface area contributed by atoms with Crippen molar-refractivity contribution in [3.05, 3.63) is 54.4 Å². The lowest BCUT2D eigenvalue weighted by molar-refractivity contribution is 0.959. The molecule has 0 aliphatic rings. The molecule has 1 aromatic heterocycles. The Labute approximate surface area is 124 Å². The average Bonchev–Trinajstić information content (AvgIpc) is 2.82. The van der Waals surface area contributed by atoms with Crippen molar-refractivity contribution in [3.8, 4) is 11.1 Å². The van der Waals surface area contributed by atoms with Crippen molar-refractivity contribution in [1.29, 1.82) is 0 Å². The minimum absolute atomic E-state index is 0. The summed E-state index contributed by atoms with van der Waals surface area (Å²) >= 11 is 0. The van der Waals surface area contributed by atoms with Crippen LogP contribution < -0.4 is 5.73 Å². The van der Waals surface area contributed by atoms with E-state index in [1.165, 1.54) is 5.56 Å². The Balaban J connectivity index is 0.000000902. The number of aromatic amines is 1. The van der Waals surface area contributed by atoms with Gasteiger partial charge in [-0.1, -0.05) is 42.5 Å². The molecule has 2 aromatic carbocycles. The maximum atomic E-state index is 5.61. The number of nitrogens with two attached hydrogens (primary N) is 1. The lowest BCUT2D eigenvalue weighted by Crippen LogP contribution is -1.97. The van der Waals surface area contributed by atoms with Crippen molar-refractivity contribution < 1.29 is 0 Å². The van der Waals surface area contributed by atoms with E-state index in [2.05, 4.69) is 28.2 Å². The van der Waals surface area contributed by atoms with Crippen molar-refractivity contribution in [1.82, 2.24) is 9.97 Å². The topological polar surface area (TPSA) is 54.7 Å². The van der Waals surface area contributed by atoms with Gasteiger partial charge < -0.3 is 10.7 Å². The molecule has 0 aliphatic heterocycles. The summed E-state index contributed by atoms with van der Waals surface area (Å²) in [5.41, 5.74) is 9.94. The zero-order valence-corrected chi connectivity index (χ0v) is 11.8. The largest absolute Gasteiger partial charge is 0.341 e. The van der Waals surface area contributed by atoms with E-state index in [4.69, 9.17) is 5.73 Å². The molecule has 19 heavy (non-hydrogen) atoms. The van der Waals surface area contributed by atoms with Crippen LogP contribution in [0.5, 0.6) is 0 Å². The fourth-order valence-corrected chi connectivity index (χ4v) is 2.03. The summed E-state index contributed by atoms with van der Waals surface area (Å²) in [6.45, 7) is 0.433. The van der Waals surface area contributed by atoms with E-state index >= 15 is 0 Å². The van der Waals surface area contributed by atoms with Crippen LogP contribution in [0.25, 0.3) is 22.2 Å². The Bertz CT molecular complexity index is 650. The molecule has 0 fully saturated rings. The fourth-order valence-electron chi connectivity index (χ4n) is 2.03. The first-order chi connectivity index (χ1) is 8.38. The van der Waals surface area contributed by atoms with Crippen LogP contribution in [0.1, 0.15) is 5.82 Å². The number of H-pyrrole nitrogens is 1. The highest BCUT2D eigenvalue weighted by atomic mass is 35.5. The molecule has 0 aliphatic carbocycles. The van der Waals surface area contributed by atoms with Gasteiger partial charge in [-0.2, -0.15) is 0 Å². The molecule has 0 unspecified atom stereocenters. The number of imidazole rings is 1. The third-order valence-corrected chi connectivity index (χ3v) is 2.84. The number of rotatable bonds is 2. The van der Waals surface area contributed by atoms with Crippen LogP contribution >= 0.6 is 24.8 Å². The van der Waals surface area contributed by atoms with E-state index in [-0.39, 0.29) is 24.8 Å². The molecule has 0 bridgehead atoms. The number of hydrogen-bond donors (Lipinski definition) is 2. The van der Waals surface area contributed by atoms with Crippen LogP contribution in [0.3, 0.4) is 0 Å².